The third-order valence-corrected chi connectivity index (χ3v) is 1.84. The number of amides is 1. The van der Waals surface area contributed by atoms with Gasteiger partial charge >= 0.3 is 12.1 Å². The fourth-order valence-corrected chi connectivity index (χ4v) is 1.24. The largest absolute Gasteiger partial charge is 0.458 e. The van der Waals surface area contributed by atoms with Crippen LogP contribution in [0.5, 0.6) is 0 Å². The molecule has 0 aromatic rings. The number of esters is 1. The Morgan fingerprint density at radius 3 is 1.85 bits per heavy atom. The maximum Gasteiger partial charge on any atom is 0.408 e. The van der Waals surface area contributed by atoms with Gasteiger partial charge in [0.2, 0.25) is 0 Å². The fourth-order valence-electron chi connectivity index (χ4n) is 1.24. The van der Waals surface area contributed by atoms with E-state index in [2.05, 4.69) is 5.32 Å². The summed E-state index contributed by atoms with van der Waals surface area (Å²) in [5, 5.41) is 2.48. The van der Waals surface area contributed by atoms with Gasteiger partial charge in [0.1, 0.15) is 17.2 Å². The summed E-state index contributed by atoms with van der Waals surface area (Å²) in [4.78, 5) is 23.5. The second-order valence-electron chi connectivity index (χ2n) is 6.31. The number of hydrogen-bond acceptors (Lipinski definition) is 5. The van der Waals surface area contributed by atoms with Crippen LogP contribution in [0.25, 0.3) is 0 Å². The SMILES string of the molecule is CC(C)(C)OC(=O)N[C@@H](CCN)C(=O)OC(C)(C)C.Cl. The maximum atomic E-state index is 11.9. The van der Waals surface area contributed by atoms with Crippen LogP contribution in [0.1, 0.15) is 48.0 Å². The number of rotatable bonds is 4. The third kappa shape index (κ3) is 10.9. The molecule has 0 radical (unpaired) electrons. The summed E-state index contributed by atoms with van der Waals surface area (Å²) in [7, 11) is 0. The van der Waals surface area contributed by atoms with E-state index in [0.29, 0.717) is 6.42 Å². The highest BCUT2D eigenvalue weighted by Gasteiger charge is 2.27. The van der Waals surface area contributed by atoms with Crippen LogP contribution >= 0.6 is 12.4 Å². The molecule has 0 rings (SSSR count). The molecule has 0 aromatic carbocycles. The summed E-state index contributed by atoms with van der Waals surface area (Å²) in [5.74, 6) is -0.510. The van der Waals surface area contributed by atoms with Crippen LogP contribution in [0.3, 0.4) is 0 Å². The second kappa shape index (κ2) is 8.32. The van der Waals surface area contributed by atoms with Crippen LogP contribution in [-0.4, -0.2) is 35.9 Å². The molecule has 0 saturated carbocycles. The molecule has 120 valence electrons. The molecule has 0 aliphatic carbocycles. The quantitative estimate of drug-likeness (QED) is 0.775. The Morgan fingerprint density at radius 1 is 1.05 bits per heavy atom. The van der Waals surface area contributed by atoms with Gasteiger partial charge in [-0.25, -0.2) is 9.59 Å². The first-order chi connectivity index (χ1) is 8.44. The van der Waals surface area contributed by atoms with E-state index in [4.69, 9.17) is 15.2 Å². The van der Waals surface area contributed by atoms with Crippen LogP contribution in [0.15, 0.2) is 0 Å². The first kappa shape index (κ1) is 21.3. The van der Waals surface area contributed by atoms with Crippen molar-refractivity contribution in [3.05, 3.63) is 0 Å². The van der Waals surface area contributed by atoms with Gasteiger partial charge in [0.15, 0.2) is 0 Å². The molecule has 0 heterocycles. The molecule has 3 N–H and O–H groups in total. The fraction of sp³-hybridized carbons (Fsp3) is 0.846. The Balaban J connectivity index is 0. The average Bonchev–Trinajstić information content (AvgIpc) is 2.10. The Morgan fingerprint density at radius 2 is 1.50 bits per heavy atom. The van der Waals surface area contributed by atoms with Crippen LogP contribution in [0, 0.1) is 0 Å². The number of halogens is 1. The van der Waals surface area contributed by atoms with Crippen molar-refractivity contribution < 1.29 is 19.1 Å². The highest BCUT2D eigenvalue weighted by Crippen LogP contribution is 2.11. The van der Waals surface area contributed by atoms with E-state index < -0.39 is 29.3 Å². The van der Waals surface area contributed by atoms with E-state index in [9.17, 15) is 9.59 Å². The summed E-state index contributed by atoms with van der Waals surface area (Å²) in [6.45, 7) is 10.8. The normalized spacial score (nSPS) is 12.9. The zero-order chi connectivity index (χ0) is 15.3. The van der Waals surface area contributed by atoms with Gasteiger partial charge in [-0.05, 0) is 54.5 Å². The van der Waals surface area contributed by atoms with E-state index in [1.165, 1.54) is 0 Å². The van der Waals surface area contributed by atoms with E-state index >= 15 is 0 Å². The van der Waals surface area contributed by atoms with Crippen molar-refractivity contribution >= 4 is 24.5 Å². The molecule has 0 unspecified atom stereocenters. The Bertz CT molecular complexity index is 321. The molecule has 0 aromatic heterocycles. The number of nitrogens with two attached hydrogens (primary N) is 1. The standard InChI is InChI=1S/C13H26N2O4.ClH/c1-12(2,3)18-10(16)9(7-8-14)15-11(17)19-13(4,5)6;/h9H,7-8,14H2,1-6H3,(H,15,17);1H/t9-;/m0./s1. The van der Waals surface area contributed by atoms with Crippen LogP contribution in [0.4, 0.5) is 4.79 Å². The first-order valence-electron chi connectivity index (χ1n) is 6.37. The predicted octanol–water partition coefficient (Wildman–Crippen LogP) is 1.99. The van der Waals surface area contributed by atoms with Crippen molar-refractivity contribution in [3.63, 3.8) is 0 Å². The molecule has 20 heavy (non-hydrogen) atoms. The number of carbonyl (C=O) groups excluding carboxylic acids is 2. The molecule has 0 spiro atoms. The van der Waals surface area contributed by atoms with Gasteiger partial charge in [-0.2, -0.15) is 0 Å². The molecular formula is C13H27ClN2O4. The van der Waals surface area contributed by atoms with E-state index in [0.717, 1.165) is 0 Å². The second-order valence-corrected chi connectivity index (χ2v) is 6.31. The lowest BCUT2D eigenvalue weighted by Crippen LogP contribution is -2.46. The van der Waals surface area contributed by atoms with Crippen molar-refractivity contribution in [1.82, 2.24) is 5.32 Å². The minimum absolute atomic E-state index is 0. The molecule has 0 bridgehead atoms. The Kier molecular flexibility index (Phi) is 8.85. The van der Waals surface area contributed by atoms with Gasteiger partial charge in [0, 0.05) is 0 Å². The first-order valence-corrected chi connectivity index (χ1v) is 6.37. The van der Waals surface area contributed by atoms with Gasteiger partial charge < -0.3 is 20.5 Å². The summed E-state index contributed by atoms with van der Waals surface area (Å²) < 4.78 is 10.3. The number of ether oxygens (including phenoxy) is 2. The summed E-state index contributed by atoms with van der Waals surface area (Å²) >= 11 is 0. The zero-order valence-electron chi connectivity index (χ0n) is 13.1. The molecule has 0 aliphatic heterocycles. The molecule has 0 aliphatic rings. The zero-order valence-corrected chi connectivity index (χ0v) is 13.9. The van der Waals surface area contributed by atoms with Crippen LogP contribution < -0.4 is 11.1 Å². The molecule has 0 saturated heterocycles. The molecule has 1 amide bonds. The lowest BCUT2D eigenvalue weighted by atomic mass is 10.1. The lowest BCUT2D eigenvalue weighted by molar-refractivity contribution is -0.157. The van der Waals surface area contributed by atoms with Gasteiger partial charge in [-0.3, -0.25) is 0 Å². The molecule has 1 atom stereocenters. The summed E-state index contributed by atoms with van der Waals surface area (Å²) in [6.07, 6.45) is -0.356. The van der Waals surface area contributed by atoms with Crippen molar-refractivity contribution in [2.45, 2.75) is 65.2 Å². The molecule has 7 heteroatoms. The van der Waals surface area contributed by atoms with Crippen molar-refractivity contribution in [2.75, 3.05) is 6.54 Å². The maximum absolute atomic E-state index is 11.9. The monoisotopic (exact) mass is 310 g/mol. The van der Waals surface area contributed by atoms with Crippen LogP contribution in [-0.2, 0) is 14.3 Å². The van der Waals surface area contributed by atoms with E-state index in [1.807, 2.05) is 0 Å². The molecule has 6 nitrogen and oxygen atoms in total. The summed E-state index contributed by atoms with van der Waals surface area (Å²) in [6, 6.07) is -0.793. The third-order valence-electron chi connectivity index (χ3n) is 1.84. The lowest BCUT2D eigenvalue weighted by Gasteiger charge is -2.26. The topological polar surface area (TPSA) is 90.6 Å². The molecule has 0 fully saturated rings. The van der Waals surface area contributed by atoms with Gasteiger partial charge in [0.25, 0.3) is 0 Å². The van der Waals surface area contributed by atoms with Gasteiger partial charge in [0.05, 0.1) is 0 Å². The Labute approximate surface area is 127 Å². The number of alkyl carbamates (subject to hydrolysis) is 1. The van der Waals surface area contributed by atoms with E-state index in [-0.39, 0.29) is 19.0 Å². The Hall–Kier alpha value is -1.01. The minimum Gasteiger partial charge on any atom is -0.458 e. The summed E-state index contributed by atoms with van der Waals surface area (Å²) in [5.41, 5.74) is 4.20. The highest BCUT2D eigenvalue weighted by atomic mass is 35.5. The predicted molar refractivity (Wildman–Crippen MR) is 79.9 cm³/mol. The van der Waals surface area contributed by atoms with Crippen molar-refractivity contribution in [1.29, 1.82) is 0 Å². The minimum atomic E-state index is -0.793. The van der Waals surface area contributed by atoms with Gasteiger partial charge in [-0.1, -0.05) is 0 Å². The van der Waals surface area contributed by atoms with Crippen molar-refractivity contribution in [2.24, 2.45) is 5.73 Å². The highest BCUT2D eigenvalue weighted by molar-refractivity contribution is 5.85. The number of carbonyl (C=O) groups is 2. The van der Waals surface area contributed by atoms with Crippen molar-refractivity contribution in [3.8, 4) is 0 Å². The van der Waals surface area contributed by atoms with E-state index in [1.54, 1.807) is 41.5 Å². The number of nitrogens with one attached hydrogen (secondary N) is 1. The number of hydrogen-bond donors (Lipinski definition) is 2. The van der Waals surface area contributed by atoms with Gasteiger partial charge in [-0.15, -0.1) is 12.4 Å². The smallest absolute Gasteiger partial charge is 0.408 e. The van der Waals surface area contributed by atoms with Crippen LogP contribution in [0.2, 0.25) is 0 Å². The average molecular weight is 311 g/mol. The molecular weight excluding hydrogens is 284 g/mol.